The van der Waals surface area contributed by atoms with E-state index in [1.54, 1.807) is 0 Å². The SMILES string of the molecule is Cl.NC(=O)NCC(=O)O. The number of halogens is 1. The largest absolute Gasteiger partial charge is 0.480 e. The highest BCUT2D eigenvalue weighted by Gasteiger charge is 1.95. The van der Waals surface area contributed by atoms with Gasteiger partial charge in [0.25, 0.3) is 0 Å². The van der Waals surface area contributed by atoms with Crippen molar-refractivity contribution in [3.8, 4) is 0 Å². The zero-order valence-electron chi connectivity index (χ0n) is 4.46. The van der Waals surface area contributed by atoms with E-state index in [1.807, 2.05) is 5.32 Å². The van der Waals surface area contributed by atoms with Gasteiger partial charge in [0.15, 0.2) is 0 Å². The van der Waals surface area contributed by atoms with Gasteiger partial charge in [0.05, 0.1) is 0 Å². The molecule has 0 saturated heterocycles. The van der Waals surface area contributed by atoms with E-state index in [9.17, 15) is 9.59 Å². The summed E-state index contributed by atoms with van der Waals surface area (Å²) in [6.45, 7) is -0.421. The van der Waals surface area contributed by atoms with Crippen LogP contribution in [0.25, 0.3) is 0 Å². The number of carbonyl (C=O) groups is 2. The van der Waals surface area contributed by atoms with Gasteiger partial charge in [-0.15, -0.1) is 12.4 Å². The summed E-state index contributed by atoms with van der Waals surface area (Å²) < 4.78 is 0. The molecule has 0 spiro atoms. The number of nitrogens with two attached hydrogens (primary N) is 1. The third-order valence-electron chi connectivity index (χ3n) is 0.414. The van der Waals surface area contributed by atoms with Gasteiger partial charge in [0.1, 0.15) is 6.54 Å². The van der Waals surface area contributed by atoms with E-state index in [4.69, 9.17) is 5.11 Å². The molecule has 0 heterocycles. The van der Waals surface area contributed by atoms with Crippen molar-refractivity contribution >= 4 is 24.4 Å². The molecule has 0 aliphatic carbocycles. The Morgan fingerprint density at radius 3 is 2.11 bits per heavy atom. The van der Waals surface area contributed by atoms with Crippen LogP contribution in [0.5, 0.6) is 0 Å². The van der Waals surface area contributed by atoms with Gasteiger partial charge in [0, 0.05) is 0 Å². The summed E-state index contributed by atoms with van der Waals surface area (Å²) in [7, 11) is 0. The predicted octanol–water partition coefficient (Wildman–Crippen LogP) is -0.839. The minimum absolute atomic E-state index is 0. The molecule has 0 aliphatic rings. The second kappa shape index (κ2) is 5.17. The molecule has 0 unspecified atom stereocenters. The van der Waals surface area contributed by atoms with Crippen molar-refractivity contribution in [1.82, 2.24) is 5.32 Å². The van der Waals surface area contributed by atoms with Crippen LogP contribution in [0, 0.1) is 0 Å². The van der Waals surface area contributed by atoms with E-state index in [0.29, 0.717) is 0 Å². The Morgan fingerprint density at radius 2 is 2.00 bits per heavy atom. The minimum atomic E-state index is -1.11. The van der Waals surface area contributed by atoms with Crippen molar-refractivity contribution in [3.05, 3.63) is 0 Å². The molecule has 4 N–H and O–H groups in total. The average Bonchev–Trinajstić information content (AvgIpc) is 1.61. The number of nitrogens with one attached hydrogen (secondary N) is 1. The number of rotatable bonds is 2. The average molecular weight is 155 g/mol. The third-order valence-corrected chi connectivity index (χ3v) is 0.414. The molecule has 0 fully saturated rings. The van der Waals surface area contributed by atoms with Crippen molar-refractivity contribution in [2.45, 2.75) is 0 Å². The summed E-state index contributed by atoms with van der Waals surface area (Å²) in [5.74, 6) is -1.11. The van der Waals surface area contributed by atoms with Crippen LogP contribution in [0.15, 0.2) is 0 Å². The third kappa shape index (κ3) is 11.0. The van der Waals surface area contributed by atoms with E-state index in [1.165, 1.54) is 0 Å². The number of carboxylic acid groups (broad SMARTS) is 1. The lowest BCUT2D eigenvalue weighted by molar-refractivity contribution is -0.135. The standard InChI is InChI=1S/C3H6N2O3.ClH/c4-3(8)5-1-2(6)7;/h1H2,(H,6,7)(H3,4,5,8);1H. The normalized spacial score (nSPS) is 7.11. The topological polar surface area (TPSA) is 92.4 Å². The first-order valence-electron chi connectivity index (χ1n) is 1.88. The number of hydrogen-bond donors (Lipinski definition) is 3. The highest BCUT2D eigenvalue weighted by Crippen LogP contribution is 1.57. The Morgan fingerprint density at radius 1 is 1.56 bits per heavy atom. The van der Waals surface area contributed by atoms with Crippen LogP contribution in [0.3, 0.4) is 0 Å². The van der Waals surface area contributed by atoms with Gasteiger partial charge >= 0.3 is 12.0 Å². The molecule has 6 heteroatoms. The first-order chi connectivity index (χ1) is 3.63. The molecule has 0 atom stereocenters. The fourth-order valence-corrected chi connectivity index (χ4v) is 0.163. The van der Waals surface area contributed by atoms with Crippen LogP contribution in [0.4, 0.5) is 4.79 Å². The molecular formula is C3H7ClN2O3. The lowest BCUT2D eigenvalue weighted by Crippen LogP contribution is -2.33. The van der Waals surface area contributed by atoms with Gasteiger partial charge in [-0.2, -0.15) is 0 Å². The molecule has 2 amide bonds. The van der Waals surface area contributed by atoms with Gasteiger partial charge in [-0.25, -0.2) is 4.79 Å². The number of carbonyl (C=O) groups excluding carboxylic acids is 1. The lowest BCUT2D eigenvalue weighted by atomic mass is 10.7. The van der Waals surface area contributed by atoms with Crippen LogP contribution in [-0.2, 0) is 4.79 Å². The Labute approximate surface area is 57.6 Å². The molecule has 5 nitrogen and oxygen atoms in total. The van der Waals surface area contributed by atoms with Gasteiger partial charge in [-0.05, 0) is 0 Å². The molecule has 0 aromatic heterocycles. The fourth-order valence-electron chi connectivity index (χ4n) is 0.163. The summed E-state index contributed by atoms with van der Waals surface area (Å²) in [5, 5.41) is 9.78. The molecular weight excluding hydrogens is 147 g/mol. The molecule has 0 saturated carbocycles. The van der Waals surface area contributed by atoms with Crippen LogP contribution in [0.1, 0.15) is 0 Å². The monoisotopic (exact) mass is 154 g/mol. The van der Waals surface area contributed by atoms with Crippen molar-refractivity contribution in [1.29, 1.82) is 0 Å². The summed E-state index contributed by atoms with van der Waals surface area (Å²) in [6, 6.07) is -0.826. The smallest absolute Gasteiger partial charge is 0.323 e. The van der Waals surface area contributed by atoms with E-state index in [2.05, 4.69) is 5.73 Å². The predicted molar refractivity (Wildman–Crippen MR) is 32.5 cm³/mol. The van der Waals surface area contributed by atoms with E-state index in [0.717, 1.165) is 0 Å². The molecule has 0 rings (SSSR count). The van der Waals surface area contributed by atoms with Crippen LogP contribution in [-0.4, -0.2) is 23.7 Å². The zero-order valence-corrected chi connectivity index (χ0v) is 5.27. The van der Waals surface area contributed by atoms with Crippen molar-refractivity contribution in [2.75, 3.05) is 6.54 Å². The zero-order chi connectivity index (χ0) is 6.57. The molecule has 0 aromatic rings. The number of aliphatic carboxylic acids is 1. The maximum atomic E-state index is 9.75. The fraction of sp³-hybridized carbons (Fsp3) is 0.333. The number of urea groups is 1. The van der Waals surface area contributed by atoms with Crippen LogP contribution >= 0.6 is 12.4 Å². The molecule has 0 radical (unpaired) electrons. The van der Waals surface area contributed by atoms with Crippen molar-refractivity contribution < 1.29 is 14.7 Å². The Balaban J connectivity index is 0. The first kappa shape index (κ1) is 10.9. The molecule has 54 valence electrons. The van der Waals surface area contributed by atoms with E-state index < -0.39 is 18.5 Å². The van der Waals surface area contributed by atoms with Gasteiger partial charge in [-0.3, -0.25) is 4.79 Å². The summed E-state index contributed by atoms with van der Waals surface area (Å²) in [4.78, 5) is 19.4. The second-order valence-corrected chi connectivity index (χ2v) is 1.11. The van der Waals surface area contributed by atoms with Crippen LogP contribution < -0.4 is 11.1 Å². The molecule has 0 aromatic carbocycles. The molecule has 0 aliphatic heterocycles. The second-order valence-electron chi connectivity index (χ2n) is 1.11. The first-order valence-corrected chi connectivity index (χ1v) is 1.88. The highest BCUT2D eigenvalue weighted by molar-refractivity contribution is 5.85. The molecule has 9 heavy (non-hydrogen) atoms. The van der Waals surface area contributed by atoms with Crippen LogP contribution in [0.2, 0.25) is 0 Å². The van der Waals surface area contributed by atoms with Crippen molar-refractivity contribution in [3.63, 3.8) is 0 Å². The Bertz CT molecular complexity index is 102. The number of amides is 2. The Kier molecular flexibility index (Phi) is 6.27. The minimum Gasteiger partial charge on any atom is -0.480 e. The summed E-state index contributed by atoms with van der Waals surface area (Å²) in [6.07, 6.45) is 0. The van der Waals surface area contributed by atoms with E-state index in [-0.39, 0.29) is 12.4 Å². The maximum Gasteiger partial charge on any atom is 0.323 e. The quantitative estimate of drug-likeness (QED) is 0.484. The number of primary amides is 1. The number of carboxylic acids is 1. The summed E-state index contributed by atoms with van der Waals surface area (Å²) in [5.41, 5.74) is 4.53. The van der Waals surface area contributed by atoms with Gasteiger partial charge in [-0.1, -0.05) is 0 Å². The maximum absolute atomic E-state index is 9.75. The Hall–Kier alpha value is -0.970. The highest BCUT2D eigenvalue weighted by atomic mass is 35.5. The van der Waals surface area contributed by atoms with Gasteiger partial charge in [0.2, 0.25) is 0 Å². The molecule has 0 bridgehead atoms. The summed E-state index contributed by atoms with van der Waals surface area (Å²) >= 11 is 0. The van der Waals surface area contributed by atoms with Crippen molar-refractivity contribution in [2.24, 2.45) is 5.73 Å². The van der Waals surface area contributed by atoms with E-state index >= 15 is 0 Å². The number of hydrogen-bond acceptors (Lipinski definition) is 2. The van der Waals surface area contributed by atoms with Gasteiger partial charge < -0.3 is 16.2 Å². The lowest BCUT2D eigenvalue weighted by Gasteiger charge is -1.92.